The predicted molar refractivity (Wildman–Crippen MR) is 482 cm³/mol. The number of Topliss-reactive ketones (excluding diaryl/α,β-unsaturated/α-hetero) is 1. The van der Waals surface area contributed by atoms with Crippen molar-refractivity contribution in [1.29, 1.82) is 0 Å². The first-order valence-electron chi connectivity index (χ1n) is 45.6. The number of nitrogens with zero attached hydrogens (tertiary/aromatic N) is 5. The lowest BCUT2D eigenvalue weighted by atomic mass is 9.46. The minimum atomic E-state index is -4.15. The molecule has 10 rings (SSSR count). The predicted octanol–water partition coefficient (Wildman–Crippen LogP) is 4.77. The average molecular weight is 1880 g/mol. The maximum Gasteiger partial charge on any atom is 0.408 e. The highest BCUT2D eigenvalue weighted by Crippen LogP contribution is 2.70. The average Bonchev–Trinajstić information content (AvgIpc) is 1.51. The number of carbonyl (C=O) groups excluding carboxylic acids is 11. The molecular weight excluding hydrogens is 1750 g/mol. The van der Waals surface area contributed by atoms with E-state index >= 15 is 0 Å². The SMILES string of the molecule is CCCC1O[C@@H]2C[C@H]3[C@@H]4CCC5=CC(=O)C=C[C@]5(C)[C@H]4[C@@H](O)C[C@]3(C)[C@]2(C(=O)COCN(C)C(=O)[C@H](C)NC(=O)OCc2ccc(NC(=O)[C@H](CCCNC(N)=O)NC(=O)[C@@H](NC(=O)CCOCCOCCOCCOCCNC(=O)CCC(=O)N3Cc4ccccc4-c4nnn(CCOCCOCCOCCOCCC(=O)NCCS(=O)(=O)O)c4-c4ccccc43)C(C)C)cc2)O1. The fraction of sp³-hybridized carbons (Fsp3) is 0.620. The third-order valence-corrected chi connectivity index (χ3v) is 25.5. The monoisotopic (exact) mass is 1880 g/mol. The number of ether oxygens (including phenoxy) is 12. The summed E-state index contributed by atoms with van der Waals surface area (Å²) >= 11 is 0. The van der Waals surface area contributed by atoms with Crippen molar-refractivity contribution in [3.05, 3.63) is 108 Å². The Labute approximate surface area is 775 Å². The molecule has 2 aliphatic heterocycles. The number of carbonyl (C=O) groups is 11. The van der Waals surface area contributed by atoms with Crippen LogP contribution in [-0.4, -0.2) is 297 Å². The second kappa shape index (κ2) is 51.5. The molecule has 12 atom stereocenters. The second-order valence-corrected chi connectivity index (χ2v) is 36.1. The van der Waals surface area contributed by atoms with Gasteiger partial charge in [-0.25, -0.2) is 14.3 Å². The summed E-state index contributed by atoms with van der Waals surface area (Å²) in [5.41, 5.74) is 8.84. The van der Waals surface area contributed by atoms with Crippen LogP contribution in [0.2, 0.25) is 0 Å². The van der Waals surface area contributed by atoms with E-state index in [1.165, 1.54) is 18.9 Å². The number of aliphatic hydroxyl groups is 1. The highest BCUT2D eigenvalue weighted by molar-refractivity contribution is 7.85. The van der Waals surface area contributed by atoms with Crippen LogP contribution in [0.4, 0.5) is 21.0 Å². The molecule has 0 bridgehead atoms. The quantitative estimate of drug-likeness (QED) is 0.0162. The summed E-state index contributed by atoms with van der Waals surface area (Å²) in [7, 11) is -2.68. The number of likely N-dealkylation sites (N-methyl/N-ethyl adjacent to an activating group) is 1. The number of alkyl carbamates (subject to hydrolysis) is 1. The molecule has 3 heterocycles. The number of hydrogen-bond donors (Lipinski definition) is 10. The molecule has 0 spiro atoms. The molecule has 732 valence electrons. The number of benzene rings is 3. The number of anilines is 2. The molecule has 3 aromatic carbocycles. The normalized spacial score (nSPS) is 21.6. The molecule has 40 nitrogen and oxygen atoms in total. The Bertz CT molecular complexity index is 4770. The van der Waals surface area contributed by atoms with Crippen LogP contribution >= 0.6 is 0 Å². The van der Waals surface area contributed by atoms with E-state index in [-0.39, 0.29) is 205 Å². The van der Waals surface area contributed by atoms with Gasteiger partial charge in [0.1, 0.15) is 43.8 Å². The number of urea groups is 1. The Morgan fingerprint density at radius 3 is 1.97 bits per heavy atom. The van der Waals surface area contributed by atoms with Crippen molar-refractivity contribution in [2.45, 2.75) is 181 Å². The van der Waals surface area contributed by atoms with Crippen molar-refractivity contribution >= 4 is 86.5 Å². The summed E-state index contributed by atoms with van der Waals surface area (Å²) in [6, 6.07) is 17.5. The molecule has 1 saturated heterocycles. The van der Waals surface area contributed by atoms with Crippen LogP contribution in [0.1, 0.15) is 130 Å². The third-order valence-electron chi connectivity index (χ3n) is 24.8. The van der Waals surface area contributed by atoms with E-state index < -0.39 is 123 Å². The van der Waals surface area contributed by atoms with Gasteiger partial charge in [0.2, 0.25) is 41.4 Å². The van der Waals surface area contributed by atoms with Crippen molar-refractivity contribution in [2.75, 3.05) is 162 Å². The lowest BCUT2D eigenvalue weighted by Crippen LogP contribution is -2.63. The van der Waals surface area contributed by atoms with Crippen LogP contribution < -0.4 is 47.9 Å². The first-order chi connectivity index (χ1) is 63.8. The first kappa shape index (κ1) is 105. The van der Waals surface area contributed by atoms with Crippen LogP contribution in [0.15, 0.2) is 96.6 Å². The lowest BCUT2D eigenvalue weighted by Gasteiger charge is -2.59. The molecule has 4 aliphatic carbocycles. The van der Waals surface area contributed by atoms with Crippen LogP contribution in [0, 0.1) is 34.5 Å². The van der Waals surface area contributed by atoms with Gasteiger partial charge in [0.25, 0.3) is 10.1 Å². The van der Waals surface area contributed by atoms with Gasteiger partial charge < -0.3 is 115 Å². The van der Waals surface area contributed by atoms with Crippen LogP contribution in [0.3, 0.4) is 0 Å². The van der Waals surface area contributed by atoms with Gasteiger partial charge in [0.15, 0.2) is 23.5 Å². The summed E-state index contributed by atoms with van der Waals surface area (Å²) < 4.78 is 102. The Morgan fingerprint density at radius 1 is 0.699 bits per heavy atom. The van der Waals surface area contributed by atoms with Gasteiger partial charge in [-0.1, -0.05) is 112 Å². The van der Waals surface area contributed by atoms with Crippen molar-refractivity contribution in [1.82, 2.24) is 51.8 Å². The number of primary amides is 1. The van der Waals surface area contributed by atoms with Gasteiger partial charge in [-0.3, -0.25) is 47.7 Å². The number of para-hydroxylation sites is 1. The van der Waals surface area contributed by atoms with E-state index in [0.717, 1.165) is 35.1 Å². The number of rotatable bonds is 57. The Kier molecular flexibility index (Phi) is 40.7. The van der Waals surface area contributed by atoms with Crippen LogP contribution in [0.25, 0.3) is 22.5 Å². The largest absolute Gasteiger partial charge is 0.445 e. The van der Waals surface area contributed by atoms with Gasteiger partial charge in [-0.2, -0.15) is 8.42 Å². The van der Waals surface area contributed by atoms with Gasteiger partial charge in [-0.05, 0) is 111 Å². The summed E-state index contributed by atoms with van der Waals surface area (Å²) in [5, 5.41) is 39.8. The van der Waals surface area contributed by atoms with E-state index in [0.29, 0.717) is 80.6 Å². The lowest BCUT2D eigenvalue weighted by molar-refractivity contribution is -0.201. The third kappa shape index (κ3) is 29.7. The zero-order chi connectivity index (χ0) is 95.7. The minimum absolute atomic E-state index is 0.0183. The summed E-state index contributed by atoms with van der Waals surface area (Å²) in [6.07, 6.45) is 6.12. The van der Waals surface area contributed by atoms with Gasteiger partial charge >= 0.3 is 12.1 Å². The molecule has 11 N–H and O–H groups in total. The van der Waals surface area contributed by atoms with E-state index in [4.69, 9.17) is 67.1 Å². The van der Waals surface area contributed by atoms with Crippen molar-refractivity contribution in [2.24, 2.45) is 40.2 Å². The van der Waals surface area contributed by atoms with Crippen molar-refractivity contribution in [3.63, 3.8) is 0 Å². The molecular formula is C92H131N13O27S. The zero-order valence-electron chi connectivity index (χ0n) is 76.9. The van der Waals surface area contributed by atoms with E-state index in [1.54, 1.807) is 59.8 Å². The number of hydrogen-bond acceptors (Lipinski definition) is 28. The molecule has 6 aliphatic rings. The summed E-state index contributed by atoms with van der Waals surface area (Å²) in [4.78, 5) is 148. The maximum absolute atomic E-state index is 14.8. The fourth-order valence-electron chi connectivity index (χ4n) is 18.3. The molecule has 3 saturated carbocycles. The number of ketones is 2. The molecule has 0 radical (unpaired) electrons. The number of nitrogens with one attached hydrogen (secondary N) is 7. The van der Waals surface area contributed by atoms with Gasteiger partial charge in [0, 0.05) is 85.9 Å². The van der Waals surface area contributed by atoms with E-state index in [1.807, 2.05) is 68.5 Å². The number of aromatic nitrogens is 3. The number of amides is 10. The van der Waals surface area contributed by atoms with E-state index in [9.17, 15) is 66.3 Å². The standard InChI is InChI=1S/C92H131N13O27S/c1-8-14-80-131-75-54-70-68-25-22-64-53-66(106)28-31-90(64,5)81(68)73(107)55-91(70,6)92(75,132-80)74(108)58-129-59-103(7)87(115)61(4)97-89(117)130-57-62-20-23-65(24-21-62)98-85(113)71(18-13-32-96-88(93)116)99-86(114)82(60(2)3)100-78(111)30-37-122-41-45-126-48-50-127-46-42-123-38-33-94-76(109)26-27-79(112)104-56-63-15-9-10-16-67(63)83-84(69-17-11-12-19-72(69)104)105(102-101-83)35-39-124-43-47-128-51-49-125-44-40-121-36-29-77(110)95-34-52-133(118,119)120/h9-12,15-17,19-21,23-24,28,31,53,60-61,68,70-71,73,75,80-82,107H,8,13-14,18,22,25-27,29-30,32-52,54-59H2,1-7H3,(H,94,109)(H,95,110)(H,97,117)(H,98,113)(H,99,114)(H,100,111)(H3,93,96,116)(H,118,119,120)/t61-,68-,70-,71-,73-,75+,80?,81+,82-,90-,91-,92+/m0/s1. The topological polar surface area (TPSA) is 521 Å². The Hall–Kier alpha value is -10.1. The fourth-order valence-corrected chi connectivity index (χ4v) is 18.6. The summed E-state index contributed by atoms with van der Waals surface area (Å²) in [6.45, 7) is 14.7. The molecule has 4 aromatic rings. The number of allylic oxidation sites excluding steroid dienone is 4. The van der Waals surface area contributed by atoms with Gasteiger partial charge in [-0.15, -0.1) is 5.10 Å². The van der Waals surface area contributed by atoms with Crippen molar-refractivity contribution < 1.29 is 128 Å². The Balaban J connectivity index is 0.556. The molecule has 1 unspecified atom stereocenters. The highest BCUT2D eigenvalue weighted by Gasteiger charge is 2.76. The zero-order valence-corrected chi connectivity index (χ0v) is 77.7. The summed E-state index contributed by atoms with van der Waals surface area (Å²) in [5.74, 6) is -4.72. The molecule has 4 fully saturated rings. The Morgan fingerprint density at radius 2 is 1.32 bits per heavy atom. The van der Waals surface area contributed by atoms with E-state index in [2.05, 4.69) is 54.5 Å². The number of nitrogens with two attached hydrogens (primary N) is 1. The molecule has 1 aromatic heterocycles. The molecule has 41 heteroatoms. The first-order valence-corrected chi connectivity index (χ1v) is 47.2. The second-order valence-electron chi connectivity index (χ2n) is 34.5. The van der Waals surface area contributed by atoms with Crippen LogP contribution in [0.5, 0.6) is 0 Å². The molecule has 133 heavy (non-hydrogen) atoms. The van der Waals surface area contributed by atoms with Crippen molar-refractivity contribution in [3.8, 4) is 22.5 Å². The number of aliphatic hydroxyl groups excluding tert-OH is 1. The van der Waals surface area contributed by atoms with Crippen LogP contribution in [-0.2, 0) is 130 Å². The maximum atomic E-state index is 14.8. The number of fused-ring (bicyclic) bond motifs is 12. The highest BCUT2D eigenvalue weighted by atomic mass is 32.2. The smallest absolute Gasteiger partial charge is 0.408 e. The minimum Gasteiger partial charge on any atom is -0.445 e. The molecule has 10 amide bonds. The van der Waals surface area contributed by atoms with Gasteiger partial charge in [0.05, 0.1) is 148 Å².